The van der Waals surface area contributed by atoms with Crippen molar-refractivity contribution >= 4 is 23.6 Å². The topological polar surface area (TPSA) is 37.4 Å². The Morgan fingerprint density at radius 3 is 2.52 bits per heavy atom. The van der Waals surface area contributed by atoms with Crippen LogP contribution in [0.2, 0.25) is 0 Å². The summed E-state index contributed by atoms with van der Waals surface area (Å²) in [6.45, 7) is 8.94. The summed E-state index contributed by atoms with van der Waals surface area (Å²) in [6, 6.07) is 0. The Balaban J connectivity index is 2.24. The number of carbonyl (C=O) groups excluding carboxylic acids is 2. The average molecular weight is 311 g/mol. The van der Waals surface area contributed by atoms with Crippen molar-refractivity contribution in [2.45, 2.75) is 70.6 Å². The highest BCUT2D eigenvalue weighted by Gasteiger charge is 2.50. The first kappa shape index (κ1) is 16.9. The molecule has 2 rings (SSSR count). The van der Waals surface area contributed by atoms with Crippen LogP contribution < -0.4 is 0 Å². The second-order valence-electron chi connectivity index (χ2n) is 7.39. The molecular weight excluding hydrogens is 282 g/mol. The molecule has 0 spiro atoms. The lowest BCUT2D eigenvalue weighted by Gasteiger charge is -2.42. The van der Waals surface area contributed by atoms with E-state index < -0.39 is 0 Å². The predicted molar refractivity (Wildman–Crippen MR) is 88.1 cm³/mol. The van der Waals surface area contributed by atoms with Crippen molar-refractivity contribution in [3.05, 3.63) is 0 Å². The molecule has 21 heavy (non-hydrogen) atoms. The number of carbonyl (C=O) groups is 2. The molecule has 1 aliphatic carbocycles. The minimum atomic E-state index is -0.289. The molecule has 2 aliphatic rings. The highest BCUT2D eigenvalue weighted by Crippen LogP contribution is 2.43. The summed E-state index contributed by atoms with van der Waals surface area (Å²) in [6.07, 6.45) is 6.72. The zero-order valence-electron chi connectivity index (χ0n) is 14.0. The van der Waals surface area contributed by atoms with Gasteiger partial charge in [-0.2, -0.15) is 11.8 Å². The van der Waals surface area contributed by atoms with Crippen LogP contribution in [0.3, 0.4) is 0 Å². The first-order chi connectivity index (χ1) is 9.81. The van der Waals surface area contributed by atoms with Crippen LogP contribution >= 0.6 is 11.8 Å². The van der Waals surface area contributed by atoms with Crippen LogP contribution in [0.1, 0.15) is 59.8 Å². The van der Waals surface area contributed by atoms with E-state index in [1.54, 1.807) is 4.90 Å². The number of thioether (sulfide) groups is 1. The van der Waals surface area contributed by atoms with Gasteiger partial charge in [-0.15, -0.1) is 0 Å². The van der Waals surface area contributed by atoms with Gasteiger partial charge < -0.3 is 0 Å². The molecule has 0 radical (unpaired) electrons. The molecule has 1 aliphatic heterocycles. The van der Waals surface area contributed by atoms with Crippen molar-refractivity contribution in [2.75, 3.05) is 6.26 Å². The fourth-order valence-corrected chi connectivity index (χ4v) is 4.67. The molecule has 0 aromatic carbocycles. The summed E-state index contributed by atoms with van der Waals surface area (Å²) < 4.78 is 0. The molecule has 4 unspecified atom stereocenters. The number of imide groups is 1. The summed E-state index contributed by atoms with van der Waals surface area (Å²) in [5.74, 6) is 1.85. The van der Waals surface area contributed by atoms with Gasteiger partial charge in [0.25, 0.3) is 0 Å². The van der Waals surface area contributed by atoms with E-state index in [1.807, 2.05) is 6.26 Å². The molecule has 1 saturated heterocycles. The average Bonchev–Trinajstić information content (AvgIpc) is 2.62. The van der Waals surface area contributed by atoms with E-state index in [9.17, 15) is 9.59 Å². The monoisotopic (exact) mass is 311 g/mol. The van der Waals surface area contributed by atoms with E-state index >= 15 is 0 Å². The van der Waals surface area contributed by atoms with Gasteiger partial charge >= 0.3 is 0 Å². The Labute approximate surface area is 133 Å². The van der Waals surface area contributed by atoms with E-state index in [-0.39, 0.29) is 22.6 Å². The van der Waals surface area contributed by atoms with Gasteiger partial charge in [-0.05, 0) is 43.8 Å². The van der Waals surface area contributed by atoms with Crippen molar-refractivity contribution in [1.29, 1.82) is 0 Å². The van der Waals surface area contributed by atoms with Gasteiger partial charge in [0, 0.05) is 6.42 Å². The maximum absolute atomic E-state index is 12.6. The van der Waals surface area contributed by atoms with E-state index in [0.29, 0.717) is 24.2 Å². The Hall–Kier alpha value is -0.510. The lowest BCUT2D eigenvalue weighted by molar-refractivity contribution is -0.147. The molecule has 1 heterocycles. The lowest BCUT2D eigenvalue weighted by Crippen LogP contribution is -2.54. The zero-order chi connectivity index (χ0) is 15.8. The molecule has 3 nitrogen and oxygen atoms in total. The second kappa shape index (κ2) is 6.31. The number of likely N-dealkylation sites (tertiary alicyclic amines) is 1. The maximum atomic E-state index is 12.6. The fourth-order valence-electron chi connectivity index (χ4n) is 4.06. The summed E-state index contributed by atoms with van der Waals surface area (Å²) >= 11 is 1.51. The van der Waals surface area contributed by atoms with Crippen molar-refractivity contribution in [3.8, 4) is 0 Å². The summed E-state index contributed by atoms with van der Waals surface area (Å²) in [7, 11) is 0. The van der Waals surface area contributed by atoms with Gasteiger partial charge in [-0.25, -0.2) is 0 Å². The van der Waals surface area contributed by atoms with Crippen molar-refractivity contribution < 1.29 is 9.59 Å². The number of amides is 2. The minimum absolute atomic E-state index is 0.0386. The van der Waals surface area contributed by atoms with E-state index in [2.05, 4.69) is 27.7 Å². The van der Waals surface area contributed by atoms with Crippen molar-refractivity contribution in [1.82, 2.24) is 4.90 Å². The lowest BCUT2D eigenvalue weighted by atomic mass is 9.78. The molecule has 1 saturated carbocycles. The molecular formula is C17H29NO2S. The molecule has 0 aromatic heterocycles. The summed E-state index contributed by atoms with van der Waals surface area (Å²) in [5, 5.41) is -0.161. The Morgan fingerprint density at radius 1 is 1.33 bits per heavy atom. The molecule has 0 aromatic rings. The summed E-state index contributed by atoms with van der Waals surface area (Å²) in [4.78, 5) is 26.7. The predicted octanol–water partition coefficient (Wildman–Crippen LogP) is 3.72. The molecule has 120 valence electrons. The van der Waals surface area contributed by atoms with Gasteiger partial charge in [-0.1, -0.05) is 33.6 Å². The van der Waals surface area contributed by atoms with Crippen molar-refractivity contribution in [2.24, 2.45) is 17.8 Å². The third-order valence-electron chi connectivity index (χ3n) is 5.82. The molecule has 2 fully saturated rings. The molecule has 4 atom stereocenters. The highest BCUT2D eigenvalue weighted by molar-refractivity contribution is 8.00. The number of hydrogen-bond acceptors (Lipinski definition) is 3. The van der Waals surface area contributed by atoms with Crippen LogP contribution in [0.25, 0.3) is 0 Å². The third-order valence-corrected chi connectivity index (χ3v) is 6.76. The fraction of sp³-hybridized carbons (Fsp3) is 0.882. The van der Waals surface area contributed by atoms with Gasteiger partial charge in [0.2, 0.25) is 11.8 Å². The van der Waals surface area contributed by atoms with Crippen molar-refractivity contribution in [3.63, 3.8) is 0 Å². The Bertz CT molecular complexity index is 423. The maximum Gasteiger partial charge on any atom is 0.243 e. The molecule has 0 N–H and O–H groups in total. The number of nitrogens with zero attached hydrogens (tertiary/aromatic N) is 1. The first-order valence-electron chi connectivity index (χ1n) is 8.21. The summed E-state index contributed by atoms with van der Waals surface area (Å²) in [5.41, 5.74) is -0.289. The van der Waals surface area contributed by atoms with E-state index in [0.717, 1.165) is 19.3 Å². The quantitative estimate of drug-likeness (QED) is 0.589. The third kappa shape index (κ3) is 3.01. The first-order valence-corrected chi connectivity index (χ1v) is 9.49. The van der Waals surface area contributed by atoms with Gasteiger partial charge in [0.15, 0.2) is 0 Å². The van der Waals surface area contributed by atoms with Gasteiger partial charge in [-0.3, -0.25) is 14.5 Å². The molecule has 2 amide bonds. The van der Waals surface area contributed by atoms with E-state index in [4.69, 9.17) is 0 Å². The van der Waals surface area contributed by atoms with Crippen LogP contribution in [0.4, 0.5) is 0 Å². The largest absolute Gasteiger partial charge is 0.275 e. The van der Waals surface area contributed by atoms with Gasteiger partial charge in [0.05, 0.1) is 10.8 Å². The van der Waals surface area contributed by atoms with Crippen LogP contribution in [-0.4, -0.2) is 33.8 Å². The number of hydrogen-bond donors (Lipinski definition) is 0. The molecule has 0 bridgehead atoms. The SMILES string of the molecule is CSC1CC(=O)N(C2(C)CCCC(C(C)C)CC2C)C1=O. The zero-order valence-corrected chi connectivity index (χ0v) is 14.8. The van der Waals surface area contributed by atoms with Crippen LogP contribution in [-0.2, 0) is 9.59 Å². The Kier molecular flexibility index (Phi) is 5.07. The van der Waals surface area contributed by atoms with Crippen LogP contribution in [0.5, 0.6) is 0 Å². The van der Waals surface area contributed by atoms with E-state index in [1.165, 1.54) is 18.2 Å². The van der Waals surface area contributed by atoms with Gasteiger partial charge in [0.1, 0.15) is 0 Å². The second-order valence-corrected chi connectivity index (χ2v) is 8.43. The molecule has 4 heteroatoms. The Morgan fingerprint density at radius 2 is 2.00 bits per heavy atom. The van der Waals surface area contributed by atoms with Crippen LogP contribution in [0.15, 0.2) is 0 Å². The normalized spacial score (nSPS) is 38.2. The highest BCUT2D eigenvalue weighted by atomic mass is 32.2. The standard InChI is InChI=1S/C17H29NO2S/c1-11(2)13-7-6-8-17(4,12(3)9-13)18-15(19)10-14(21-5)16(18)20/h11-14H,6-10H2,1-5H3. The van der Waals surface area contributed by atoms with Crippen LogP contribution in [0, 0.1) is 17.8 Å². The minimum Gasteiger partial charge on any atom is -0.275 e. The number of rotatable bonds is 3. The smallest absolute Gasteiger partial charge is 0.243 e.